The van der Waals surface area contributed by atoms with E-state index in [1.165, 1.54) is 7.11 Å². The summed E-state index contributed by atoms with van der Waals surface area (Å²) in [5.74, 6) is -1.01. The Morgan fingerprint density at radius 2 is 2.20 bits per heavy atom. The summed E-state index contributed by atoms with van der Waals surface area (Å²) < 4.78 is 16.9. The number of methoxy groups -OCH3 is 1. The molecule has 0 aromatic rings. The Morgan fingerprint density at radius 1 is 1.70 bits per heavy atom. The van der Waals surface area contributed by atoms with Gasteiger partial charge in [-0.05, 0) is 5.92 Å². The first-order chi connectivity index (χ1) is 4.63. The van der Waals surface area contributed by atoms with Crippen LogP contribution >= 0.6 is 0 Å². The van der Waals surface area contributed by atoms with Gasteiger partial charge in [-0.1, -0.05) is 20.3 Å². The number of halogens is 1. The molecule has 0 saturated carbocycles. The second kappa shape index (κ2) is 4.25. The van der Waals surface area contributed by atoms with Crippen LogP contribution in [0.25, 0.3) is 0 Å². The van der Waals surface area contributed by atoms with Crippen molar-refractivity contribution in [2.45, 2.75) is 26.4 Å². The van der Waals surface area contributed by atoms with Crippen molar-refractivity contribution in [3.05, 3.63) is 0 Å². The number of hydrogen-bond acceptors (Lipinski definition) is 2. The van der Waals surface area contributed by atoms with Gasteiger partial charge in [0.2, 0.25) is 0 Å². The molecule has 0 amide bonds. The number of esters is 1. The first kappa shape index (κ1) is 9.40. The molecule has 0 fully saturated rings. The summed E-state index contributed by atoms with van der Waals surface area (Å²) in [6, 6.07) is 0. The van der Waals surface area contributed by atoms with Crippen LogP contribution in [0.2, 0.25) is 0 Å². The van der Waals surface area contributed by atoms with E-state index in [1.807, 2.05) is 6.92 Å². The molecule has 0 spiro atoms. The average Bonchev–Trinajstić information content (AvgIpc) is 2.00. The quantitative estimate of drug-likeness (QED) is 0.567. The van der Waals surface area contributed by atoms with Crippen LogP contribution in [0.15, 0.2) is 0 Å². The highest BCUT2D eigenvalue weighted by Gasteiger charge is 2.23. The highest BCUT2D eigenvalue weighted by molar-refractivity contribution is 5.74. The molecule has 3 heteroatoms. The minimum atomic E-state index is -1.46. The molecule has 0 rings (SSSR count). The van der Waals surface area contributed by atoms with Gasteiger partial charge in [0, 0.05) is 0 Å². The van der Waals surface area contributed by atoms with Gasteiger partial charge in [-0.15, -0.1) is 0 Å². The topological polar surface area (TPSA) is 26.3 Å². The van der Waals surface area contributed by atoms with E-state index >= 15 is 0 Å². The van der Waals surface area contributed by atoms with Crippen LogP contribution in [-0.4, -0.2) is 19.3 Å². The van der Waals surface area contributed by atoms with Gasteiger partial charge in [0.15, 0.2) is 6.17 Å². The summed E-state index contributed by atoms with van der Waals surface area (Å²) in [4.78, 5) is 10.5. The van der Waals surface area contributed by atoms with Gasteiger partial charge in [0.05, 0.1) is 7.11 Å². The third kappa shape index (κ3) is 2.33. The summed E-state index contributed by atoms with van der Waals surface area (Å²) in [6.45, 7) is 3.52. The van der Waals surface area contributed by atoms with E-state index < -0.39 is 12.1 Å². The van der Waals surface area contributed by atoms with Crippen molar-refractivity contribution in [1.82, 2.24) is 0 Å². The van der Waals surface area contributed by atoms with Crippen molar-refractivity contribution >= 4 is 5.97 Å². The molecule has 0 radical (unpaired) electrons. The third-order valence-corrected chi connectivity index (χ3v) is 1.57. The van der Waals surface area contributed by atoms with Crippen LogP contribution in [0.1, 0.15) is 20.3 Å². The zero-order chi connectivity index (χ0) is 8.15. The van der Waals surface area contributed by atoms with Crippen LogP contribution in [0.4, 0.5) is 4.39 Å². The van der Waals surface area contributed by atoms with Gasteiger partial charge >= 0.3 is 5.97 Å². The molecule has 0 aliphatic heterocycles. The molecule has 0 N–H and O–H groups in total. The van der Waals surface area contributed by atoms with Gasteiger partial charge in [-0.2, -0.15) is 0 Å². The van der Waals surface area contributed by atoms with Gasteiger partial charge < -0.3 is 4.74 Å². The van der Waals surface area contributed by atoms with Crippen LogP contribution in [-0.2, 0) is 9.53 Å². The van der Waals surface area contributed by atoms with E-state index in [-0.39, 0.29) is 5.92 Å². The summed E-state index contributed by atoms with van der Waals surface area (Å²) in [7, 11) is 1.19. The fourth-order valence-electron chi connectivity index (χ4n) is 0.552. The molecule has 0 bridgehead atoms. The Bertz CT molecular complexity index is 114. The van der Waals surface area contributed by atoms with Crippen molar-refractivity contribution in [1.29, 1.82) is 0 Å². The number of ether oxygens (including phenoxy) is 1. The summed E-state index contributed by atoms with van der Waals surface area (Å²) in [5.41, 5.74) is 0. The summed E-state index contributed by atoms with van der Waals surface area (Å²) in [5, 5.41) is 0. The Morgan fingerprint density at radius 3 is 2.50 bits per heavy atom. The maximum absolute atomic E-state index is 12.7. The Labute approximate surface area is 60.4 Å². The standard InChI is InChI=1S/C7H13FO2/c1-4-5(2)6(8)7(9)10-3/h5-6H,4H2,1-3H3. The van der Waals surface area contributed by atoms with Crippen molar-refractivity contribution in [2.24, 2.45) is 5.92 Å². The first-order valence-electron chi connectivity index (χ1n) is 3.35. The van der Waals surface area contributed by atoms with E-state index in [4.69, 9.17) is 0 Å². The van der Waals surface area contributed by atoms with Crippen molar-refractivity contribution in [3.8, 4) is 0 Å². The van der Waals surface area contributed by atoms with Crippen molar-refractivity contribution < 1.29 is 13.9 Å². The largest absolute Gasteiger partial charge is 0.467 e. The minimum Gasteiger partial charge on any atom is -0.467 e. The van der Waals surface area contributed by atoms with E-state index in [0.29, 0.717) is 6.42 Å². The number of rotatable bonds is 3. The van der Waals surface area contributed by atoms with Gasteiger partial charge in [0.1, 0.15) is 0 Å². The monoisotopic (exact) mass is 148 g/mol. The van der Waals surface area contributed by atoms with Crippen LogP contribution < -0.4 is 0 Å². The maximum atomic E-state index is 12.7. The summed E-state index contributed by atoms with van der Waals surface area (Å²) >= 11 is 0. The van der Waals surface area contributed by atoms with Crippen molar-refractivity contribution in [2.75, 3.05) is 7.11 Å². The van der Waals surface area contributed by atoms with Gasteiger partial charge in [-0.3, -0.25) is 0 Å². The lowest BCUT2D eigenvalue weighted by Crippen LogP contribution is -2.24. The predicted octanol–water partition coefficient (Wildman–Crippen LogP) is 1.54. The fraction of sp³-hybridized carbons (Fsp3) is 0.857. The Balaban J connectivity index is 3.81. The van der Waals surface area contributed by atoms with Gasteiger partial charge in [0.25, 0.3) is 0 Å². The molecule has 60 valence electrons. The second-order valence-electron chi connectivity index (χ2n) is 2.31. The lowest BCUT2D eigenvalue weighted by molar-refractivity contribution is -0.148. The molecule has 0 aromatic heterocycles. The van der Waals surface area contributed by atoms with Crippen LogP contribution in [0.5, 0.6) is 0 Å². The van der Waals surface area contributed by atoms with E-state index in [1.54, 1.807) is 6.92 Å². The fourth-order valence-corrected chi connectivity index (χ4v) is 0.552. The zero-order valence-corrected chi connectivity index (χ0v) is 6.56. The lowest BCUT2D eigenvalue weighted by Gasteiger charge is -2.11. The SMILES string of the molecule is CCC(C)C(F)C(=O)OC. The highest BCUT2D eigenvalue weighted by atomic mass is 19.1. The Hall–Kier alpha value is -0.600. The van der Waals surface area contributed by atoms with E-state index in [9.17, 15) is 9.18 Å². The highest BCUT2D eigenvalue weighted by Crippen LogP contribution is 2.11. The Kier molecular flexibility index (Phi) is 4.00. The van der Waals surface area contributed by atoms with Crippen LogP contribution in [0.3, 0.4) is 0 Å². The molecular weight excluding hydrogens is 135 g/mol. The normalized spacial score (nSPS) is 16.0. The minimum absolute atomic E-state index is 0.243. The maximum Gasteiger partial charge on any atom is 0.340 e. The molecule has 0 heterocycles. The number of hydrogen-bond donors (Lipinski definition) is 0. The number of alkyl halides is 1. The molecule has 0 aliphatic rings. The lowest BCUT2D eigenvalue weighted by atomic mass is 10.0. The molecular formula is C7H13FO2. The van der Waals surface area contributed by atoms with E-state index in [0.717, 1.165) is 0 Å². The van der Waals surface area contributed by atoms with Gasteiger partial charge in [-0.25, -0.2) is 9.18 Å². The zero-order valence-electron chi connectivity index (χ0n) is 6.56. The molecule has 10 heavy (non-hydrogen) atoms. The molecule has 2 unspecified atom stereocenters. The molecule has 0 aliphatic carbocycles. The molecule has 2 atom stereocenters. The molecule has 0 aromatic carbocycles. The predicted molar refractivity (Wildman–Crippen MR) is 36.4 cm³/mol. The number of carbonyl (C=O) groups excluding carboxylic acids is 1. The summed E-state index contributed by atoms with van der Waals surface area (Å²) in [6.07, 6.45) is -0.814. The third-order valence-electron chi connectivity index (χ3n) is 1.57. The number of carbonyl (C=O) groups is 1. The van der Waals surface area contributed by atoms with E-state index in [2.05, 4.69) is 4.74 Å². The average molecular weight is 148 g/mol. The van der Waals surface area contributed by atoms with Crippen molar-refractivity contribution in [3.63, 3.8) is 0 Å². The first-order valence-corrected chi connectivity index (χ1v) is 3.35. The van der Waals surface area contributed by atoms with Crippen LogP contribution in [0, 0.1) is 5.92 Å². The second-order valence-corrected chi connectivity index (χ2v) is 2.31. The smallest absolute Gasteiger partial charge is 0.340 e. The molecule has 2 nitrogen and oxygen atoms in total. The molecule has 0 saturated heterocycles.